The van der Waals surface area contributed by atoms with Crippen LogP contribution >= 0.6 is 0 Å². The normalized spacial score (nSPS) is 19.7. The Morgan fingerprint density at radius 1 is 1.45 bits per heavy atom. The van der Waals surface area contributed by atoms with Crippen molar-refractivity contribution < 1.29 is 14.3 Å². The Bertz CT molecular complexity index is 565. The van der Waals surface area contributed by atoms with Crippen LogP contribution < -0.4 is 15.5 Å². The molecule has 1 aromatic rings. The maximum atomic E-state index is 11.7. The molecule has 1 spiro atoms. The van der Waals surface area contributed by atoms with Gasteiger partial charge < -0.3 is 20.3 Å². The van der Waals surface area contributed by atoms with Gasteiger partial charge in [0.05, 0.1) is 12.1 Å². The van der Waals surface area contributed by atoms with Crippen LogP contribution in [-0.4, -0.2) is 48.8 Å². The van der Waals surface area contributed by atoms with Crippen LogP contribution in [0.1, 0.15) is 30.1 Å². The maximum absolute atomic E-state index is 11.7. The van der Waals surface area contributed by atoms with Crippen molar-refractivity contribution in [1.29, 1.82) is 0 Å². The van der Waals surface area contributed by atoms with E-state index in [1.807, 2.05) is 13.0 Å². The van der Waals surface area contributed by atoms with Crippen LogP contribution in [-0.2, 0) is 4.74 Å². The number of amides is 2. The van der Waals surface area contributed by atoms with Crippen molar-refractivity contribution in [1.82, 2.24) is 15.6 Å². The number of carbonyl (C=O) groups excluding carboxylic acids is 2. The molecule has 0 atom stereocenters. The third-order valence-corrected chi connectivity index (χ3v) is 4.21. The first-order valence-corrected chi connectivity index (χ1v) is 7.58. The van der Waals surface area contributed by atoms with E-state index in [4.69, 9.17) is 4.74 Å². The van der Waals surface area contributed by atoms with E-state index in [1.165, 1.54) is 0 Å². The monoisotopic (exact) mass is 304 g/mol. The smallest absolute Gasteiger partial charge is 0.407 e. The molecule has 0 bridgehead atoms. The van der Waals surface area contributed by atoms with Gasteiger partial charge in [0.15, 0.2) is 0 Å². The number of hydrogen-bond acceptors (Lipinski definition) is 5. The summed E-state index contributed by atoms with van der Waals surface area (Å²) < 4.78 is 5.40. The zero-order chi connectivity index (χ0) is 15.6. The highest BCUT2D eigenvalue weighted by molar-refractivity contribution is 5.94. The van der Waals surface area contributed by atoms with Gasteiger partial charge in [-0.05, 0) is 19.1 Å². The molecule has 2 aliphatic heterocycles. The number of pyridine rings is 1. The Kier molecular flexibility index (Phi) is 3.87. The average Bonchev–Trinajstić information content (AvgIpc) is 2.89. The highest BCUT2D eigenvalue weighted by atomic mass is 16.6. The molecule has 2 saturated heterocycles. The van der Waals surface area contributed by atoms with Crippen LogP contribution in [0.15, 0.2) is 18.3 Å². The van der Waals surface area contributed by atoms with Gasteiger partial charge in [0.25, 0.3) is 5.91 Å². The number of carbonyl (C=O) groups is 2. The highest BCUT2D eigenvalue weighted by Gasteiger charge is 2.42. The Labute approximate surface area is 129 Å². The quantitative estimate of drug-likeness (QED) is 0.867. The molecule has 0 radical (unpaired) electrons. The van der Waals surface area contributed by atoms with Gasteiger partial charge in [0, 0.05) is 38.7 Å². The summed E-state index contributed by atoms with van der Waals surface area (Å²) in [6.07, 6.45) is 2.84. The molecule has 3 heterocycles. The minimum absolute atomic E-state index is 0.108. The Balaban J connectivity index is 1.62. The van der Waals surface area contributed by atoms with Crippen LogP contribution in [0.2, 0.25) is 0 Å². The van der Waals surface area contributed by atoms with E-state index < -0.39 is 0 Å². The lowest BCUT2D eigenvalue weighted by atomic mass is 9.91. The average molecular weight is 304 g/mol. The van der Waals surface area contributed by atoms with E-state index in [1.54, 1.807) is 12.3 Å². The van der Waals surface area contributed by atoms with Crippen molar-refractivity contribution in [2.45, 2.75) is 25.4 Å². The molecular weight excluding hydrogens is 284 g/mol. The first-order valence-electron chi connectivity index (χ1n) is 7.58. The molecule has 3 rings (SSSR count). The van der Waals surface area contributed by atoms with Gasteiger partial charge in [-0.25, -0.2) is 9.78 Å². The summed E-state index contributed by atoms with van der Waals surface area (Å²) in [5, 5.41) is 5.48. The minimum Gasteiger partial charge on any atom is -0.441 e. The van der Waals surface area contributed by atoms with Gasteiger partial charge in [0.1, 0.15) is 11.4 Å². The second-order valence-corrected chi connectivity index (χ2v) is 5.68. The zero-order valence-corrected chi connectivity index (χ0v) is 12.6. The molecule has 2 N–H and O–H groups in total. The molecule has 7 heteroatoms. The number of nitrogens with one attached hydrogen (secondary N) is 2. The van der Waals surface area contributed by atoms with E-state index >= 15 is 0 Å². The molecule has 22 heavy (non-hydrogen) atoms. The number of nitrogens with zero attached hydrogens (tertiary/aromatic N) is 2. The molecule has 2 amide bonds. The van der Waals surface area contributed by atoms with Crippen molar-refractivity contribution in [3.63, 3.8) is 0 Å². The Morgan fingerprint density at radius 3 is 2.77 bits per heavy atom. The molecule has 0 unspecified atom stereocenters. The van der Waals surface area contributed by atoms with Crippen LogP contribution in [0.3, 0.4) is 0 Å². The first kappa shape index (κ1) is 14.6. The van der Waals surface area contributed by atoms with Gasteiger partial charge in [-0.3, -0.25) is 4.79 Å². The largest absolute Gasteiger partial charge is 0.441 e. The zero-order valence-electron chi connectivity index (χ0n) is 12.6. The molecule has 0 aliphatic carbocycles. The molecule has 2 aliphatic rings. The van der Waals surface area contributed by atoms with E-state index in [-0.39, 0.29) is 17.6 Å². The minimum atomic E-state index is -0.353. The summed E-state index contributed by atoms with van der Waals surface area (Å²) in [5.74, 6) is 0.739. The van der Waals surface area contributed by atoms with Crippen LogP contribution in [0.25, 0.3) is 0 Å². The van der Waals surface area contributed by atoms with Gasteiger partial charge in [0.2, 0.25) is 0 Å². The second-order valence-electron chi connectivity index (χ2n) is 5.68. The molecule has 7 nitrogen and oxygen atoms in total. The predicted octanol–water partition coefficient (Wildman–Crippen LogP) is 0.910. The second kappa shape index (κ2) is 5.82. The number of piperidine rings is 1. The standard InChI is InChI=1S/C15H20N4O3/c1-2-16-13(20)11-3-4-12(17-9-11)19-7-5-15(6-8-19)10-18-14(21)22-15/h3-4,9H,2,5-8,10H2,1H3,(H,16,20)(H,18,21). The molecule has 0 aromatic carbocycles. The van der Waals surface area contributed by atoms with E-state index in [2.05, 4.69) is 20.5 Å². The summed E-state index contributed by atoms with van der Waals surface area (Å²) in [5.41, 5.74) is 0.210. The van der Waals surface area contributed by atoms with Gasteiger partial charge in [-0.2, -0.15) is 0 Å². The summed E-state index contributed by atoms with van der Waals surface area (Å²) in [4.78, 5) is 29.5. The third kappa shape index (κ3) is 2.84. The third-order valence-electron chi connectivity index (χ3n) is 4.21. The molecular formula is C15H20N4O3. The number of ether oxygens (including phenoxy) is 1. The number of anilines is 1. The molecule has 118 valence electrons. The number of hydrogen-bond donors (Lipinski definition) is 2. The Hall–Kier alpha value is -2.31. The lowest BCUT2D eigenvalue weighted by Crippen LogP contribution is -2.46. The summed E-state index contributed by atoms with van der Waals surface area (Å²) in [6.45, 7) is 4.63. The fraction of sp³-hybridized carbons (Fsp3) is 0.533. The lowest BCUT2D eigenvalue weighted by Gasteiger charge is -2.37. The summed E-state index contributed by atoms with van der Waals surface area (Å²) >= 11 is 0. The van der Waals surface area contributed by atoms with Crippen molar-refractivity contribution >= 4 is 17.8 Å². The topological polar surface area (TPSA) is 83.6 Å². The molecule has 0 saturated carbocycles. The first-order chi connectivity index (χ1) is 10.6. The fourth-order valence-electron chi connectivity index (χ4n) is 2.89. The van der Waals surface area contributed by atoms with Crippen molar-refractivity contribution in [3.05, 3.63) is 23.9 Å². The van der Waals surface area contributed by atoms with Crippen molar-refractivity contribution in [3.8, 4) is 0 Å². The number of aromatic nitrogens is 1. The molecule has 2 fully saturated rings. The van der Waals surface area contributed by atoms with Gasteiger partial charge >= 0.3 is 6.09 Å². The summed E-state index contributed by atoms with van der Waals surface area (Å²) in [7, 11) is 0. The number of rotatable bonds is 3. The van der Waals surface area contributed by atoms with E-state index in [0.29, 0.717) is 18.7 Å². The number of alkyl carbamates (subject to hydrolysis) is 1. The predicted molar refractivity (Wildman–Crippen MR) is 80.9 cm³/mol. The van der Waals surface area contributed by atoms with E-state index in [9.17, 15) is 9.59 Å². The van der Waals surface area contributed by atoms with Crippen LogP contribution in [0.5, 0.6) is 0 Å². The van der Waals surface area contributed by atoms with Crippen molar-refractivity contribution in [2.75, 3.05) is 31.1 Å². The van der Waals surface area contributed by atoms with E-state index in [0.717, 1.165) is 31.7 Å². The SMILES string of the molecule is CCNC(=O)c1ccc(N2CCC3(CC2)CNC(=O)O3)nc1. The summed E-state index contributed by atoms with van der Waals surface area (Å²) in [6, 6.07) is 3.65. The highest BCUT2D eigenvalue weighted by Crippen LogP contribution is 2.30. The fourth-order valence-corrected chi connectivity index (χ4v) is 2.89. The van der Waals surface area contributed by atoms with Gasteiger partial charge in [-0.1, -0.05) is 0 Å². The lowest BCUT2D eigenvalue weighted by molar-refractivity contribution is 0.0366. The van der Waals surface area contributed by atoms with Gasteiger partial charge in [-0.15, -0.1) is 0 Å². The molecule has 1 aromatic heterocycles. The maximum Gasteiger partial charge on any atom is 0.407 e. The van der Waals surface area contributed by atoms with Crippen molar-refractivity contribution in [2.24, 2.45) is 0 Å². The van der Waals surface area contributed by atoms with Crippen LogP contribution in [0.4, 0.5) is 10.6 Å². The van der Waals surface area contributed by atoms with Crippen LogP contribution in [0, 0.1) is 0 Å². The Morgan fingerprint density at radius 2 is 2.23 bits per heavy atom.